The molecule has 0 spiro atoms. The van der Waals surface area contributed by atoms with Crippen LogP contribution in [0.3, 0.4) is 0 Å². The Labute approximate surface area is 156 Å². The van der Waals surface area contributed by atoms with Gasteiger partial charge in [-0.25, -0.2) is 4.68 Å². The van der Waals surface area contributed by atoms with Crippen LogP contribution in [0, 0.1) is 5.41 Å². The summed E-state index contributed by atoms with van der Waals surface area (Å²) in [5.41, 5.74) is 3.30. The van der Waals surface area contributed by atoms with E-state index in [9.17, 15) is 0 Å². The van der Waals surface area contributed by atoms with Crippen molar-refractivity contribution in [2.45, 2.75) is 39.9 Å². The predicted molar refractivity (Wildman–Crippen MR) is 108 cm³/mol. The van der Waals surface area contributed by atoms with Crippen molar-refractivity contribution in [1.82, 2.24) is 19.9 Å². The molecule has 0 radical (unpaired) electrons. The van der Waals surface area contributed by atoms with Crippen molar-refractivity contribution in [3.63, 3.8) is 0 Å². The molecule has 26 heavy (non-hydrogen) atoms. The van der Waals surface area contributed by atoms with E-state index in [0.29, 0.717) is 0 Å². The second-order valence-corrected chi connectivity index (χ2v) is 7.80. The van der Waals surface area contributed by atoms with Crippen molar-refractivity contribution < 1.29 is 0 Å². The Morgan fingerprint density at radius 1 is 1.08 bits per heavy atom. The monoisotopic (exact) mass is 348 g/mol. The van der Waals surface area contributed by atoms with Crippen molar-refractivity contribution in [2.75, 3.05) is 6.54 Å². The first-order valence-corrected chi connectivity index (χ1v) is 9.19. The average molecular weight is 348 g/mol. The lowest BCUT2D eigenvalue weighted by molar-refractivity contribution is 0.0295. The maximum Gasteiger partial charge on any atom is 0.113 e. The van der Waals surface area contributed by atoms with E-state index < -0.39 is 0 Å². The van der Waals surface area contributed by atoms with Crippen molar-refractivity contribution in [3.8, 4) is 0 Å². The zero-order valence-corrected chi connectivity index (χ0v) is 16.0. The van der Waals surface area contributed by atoms with Crippen LogP contribution in [-0.2, 0) is 6.54 Å². The van der Waals surface area contributed by atoms with Crippen LogP contribution < -0.4 is 0 Å². The summed E-state index contributed by atoms with van der Waals surface area (Å²) in [6.45, 7) is 12.5. The van der Waals surface area contributed by atoms with E-state index >= 15 is 0 Å². The van der Waals surface area contributed by atoms with Gasteiger partial charge in [0.1, 0.15) is 11.7 Å². The van der Waals surface area contributed by atoms with E-state index in [1.54, 1.807) is 0 Å². The minimum absolute atomic E-state index is 0.00752. The van der Waals surface area contributed by atoms with Crippen LogP contribution >= 0.6 is 0 Å². The van der Waals surface area contributed by atoms with E-state index in [1.807, 2.05) is 24.3 Å². The van der Waals surface area contributed by atoms with Gasteiger partial charge < -0.3 is 0 Å². The Morgan fingerprint density at radius 2 is 1.77 bits per heavy atom. The molecule has 3 aromatic rings. The Kier molecular flexibility index (Phi) is 5.52. The lowest BCUT2D eigenvalue weighted by atomic mass is 9.90. The van der Waals surface area contributed by atoms with Gasteiger partial charge in [0, 0.05) is 13.1 Å². The average Bonchev–Trinajstić information content (AvgIpc) is 3.03. The van der Waals surface area contributed by atoms with E-state index in [2.05, 4.69) is 83.6 Å². The Hall–Kier alpha value is -2.46. The van der Waals surface area contributed by atoms with Gasteiger partial charge in [0.05, 0.1) is 5.52 Å². The molecule has 0 aliphatic rings. The van der Waals surface area contributed by atoms with Crippen LogP contribution in [-0.4, -0.2) is 26.4 Å². The van der Waals surface area contributed by atoms with Crippen LogP contribution in [0.4, 0.5) is 0 Å². The first-order valence-electron chi connectivity index (χ1n) is 9.19. The third-order valence-electron chi connectivity index (χ3n) is 4.58. The van der Waals surface area contributed by atoms with Crippen LogP contribution in [0.5, 0.6) is 0 Å². The molecule has 0 amide bonds. The first-order chi connectivity index (χ1) is 12.5. The van der Waals surface area contributed by atoms with Crippen LogP contribution in [0.25, 0.3) is 11.0 Å². The molecule has 1 unspecified atom stereocenters. The van der Waals surface area contributed by atoms with Crippen LogP contribution in [0.2, 0.25) is 0 Å². The molecule has 1 atom stereocenters. The fourth-order valence-electron chi connectivity index (χ4n) is 3.50. The molecular weight excluding hydrogens is 320 g/mol. The molecule has 0 fully saturated rings. The Balaban J connectivity index is 2.03. The number of nitrogens with zero attached hydrogens (tertiary/aromatic N) is 4. The van der Waals surface area contributed by atoms with Crippen molar-refractivity contribution in [1.29, 1.82) is 0 Å². The smallest absolute Gasteiger partial charge is 0.113 e. The largest absolute Gasteiger partial charge is 0.277 e. The fraction of sp³-hybridized carbons (Fsp3) is 0.364. The number of para-hydroxylation sites is 1. The number of fused-ring (bicyclic) bond motifs is 1. The third kappa shape index (κ3) is 4.02. The van der Waals surface area contributed by atoms with Crippen molar-refractivity contribution in [3.05, 3.63) is 72.8 Å². The molecule has 4 nitrogen and oxygen atoms in total. The fourth-order valence-corrected chi connectivity index (χ4v) is 3.50. The standard InChI is InChI=1S/C22H28N4/c1-5-6-16-25(17-18-12-8-7-9-13-18)21(22(2,3)4)26-20-15-11-10-14-19(20)23-24-26/h5,7-15,21H,1,6,16-17H2,2-4H3. The summed E-state index contributed by atoms with van der Waals surface area (Å²) in [4.78, 5) is 2.48. The number of hydrogen-bond donors (Lipinski definition) is 0. The highest BCUT2D eigenvalue weighted by atomic mass is 15.5. The van der Waals surface area contributed by atoms with Gasteiger partial charge >= 0.3 is 0 Å². The highest BCUT2D eigenvalue weighted by molar-refractivity contribution is 5.74. The second kappa shape index (κ2) is 7.83. The number of hydrogen-bond acceptors (Lipinski definition) is 3. The third-order valence-corrected chi connectivity index (χ3v) is 4.58. The number of rotatable bonds is 7. The minimum atomic E-state index is -0.00752. The predicted octanol–water partition coefficient (Wildman–Crippen LogP) is 5.05. The summed E-state index contributed by atoms with van der Waals surface area (Å²) in [6, 6.07) is 18.8. The topological polar surface area (TPSA) is 34.0 Å². The zero-order chi connectivity index (χ0) is 18.6. The first kappa shape index (κ1) is 18.3. The number of aromatic nitrogens is 3. The molecule has 0 aliphatic heterocycles. The summed E-state index contributed by atoms with van der Waals surface area (Å²) in [7, 11) is 0. The molecule has 136 valence electrons. The van der Waals surface area contributed by atoms with Crippen molar-refractivity contribution >= 4 is 11.0 Å². The highest BCUT2D eigenvalue weighted by Gasteiger charge is 2.33. The summed E-state index contributed by atoms with van der Waals surface area (Å²) in [5.74, 6) is 0. The minimum Gasteiger partial charge on any atom is -0.277 e. The van der Waals surface area contributed by atoms with Crippen LogP contribution in [0.15, 0.2) is 67.3 Å². The Morgan fingerprint density at radius 3 is 2.46 bits per heavy atom. The summed E-state index contributed by atoms with van der Waals surface area (Å²) in [6.07, 6.45) is 3.01. The highest BCUT2D eigenvalue weighted by Crippen LogP contribution is 2.36. The molecule has 0 saturated carbocycles. The summed E-state index contributed by atoms with van der Waals surface area (Å²) >= 11 is 0. The van der Waals surface area contributed by atoms with Gasteiger partial charge in [-0.3, -0.25) is 4.90 Å². The van der Waals surface area contributed by atoms with Gasteiger partial charge in [0.2, 0.25) is 0 Å². The summed E-state index contributed by atoms with van der Waals surface area (Å²) in [5, 5.41) is 8.92. The quantitative estimate of drug-likeness (QED) is 0.560. The van der Waals surface area contributed by atoms with Gasteiger partial charge in [-0.15, -0.1) is 11.7 Å². The molecule has 2 aromatic carbocycles. The lowest BCUT2D eigenvalue weighted by Gasteiger charge is -2.40. The molecule has 4 heteroatoms. The number of benzene rings is 2. The van der Waals surface area contributed by atoms with Crippen molar-refractivity contribution in [2.24, 2.45) is 5.41 Å². The molecule has 0 aliphatic carbocycles. The molecule has 0 saturated heterocycles. The molecular formula is C22H28N4. The SMILES string of the molecule is C=CCCN(Cc1ccccc1)C(n1nnc2ccccc21)C(C)(C)C. The molecule has 3 rings (SSSR count). The Bertz CT molecular complexity index is 845. The molecule has 1 heterocycles. The van der Waals surface area contributed by atoms with E-state index in [1.165, 1.54) is 5.56 Å². The normalized spacial score (nSPS) is 13.2. The van der Waals surface area contributed by atoms with Gasteiger partial charge in [0.15, 0.2) is 0 Å². The van der Waals surface area contributed by atoms with Gasteiger partial charge in [-0.2, -0.15) is 0 Å². The molecule has 1 aromatic heterocycles. The molecule has 0 bridgehead atoms. The van der Waals surface area contributed by atoms with E-state index in [4.69, 9.17) is 0 Å². The molecule has 0 N–H and O–H groups in total. The zero-order valence-electron chi connectivity index (χ0n) is 16.0. The maximum absolute atomic E-state index is 4.53. The van der Waals surface area contributed by atoms with E-state index in [-0.39, 0.29) is 11.6 Å². The van der Waals surface area contributed by atoms with Crippen LogP contribution in [0.1, 0.15) is 38.9 Å². The maximum atomic E-state index is 4.53. The second-order valence-electron chi connectivity index (χ2n) is 7.80. The lowest BCUT2D eigenvalue weighted by Crippen LogP contribution is -2.41. The van der Waals surface area contributed by atoms with E-state index in [0.717, 1.165) is 30.5 Å². The van der Waals surface area contributed by atoms with Gasteiger partial charge in [0.25, 0.3) is 0 Å². The van der Waals surface area contributed by atoms with Gasteiger partial charge in [-0.1, -0.05) is 74.5 Å². The summed E-state index contributed by atoms with van der Waals surface area (Å²) < 4.78 is 2.08. The van der Waals surface area contributed by atoms with Gasteiger partial charge in [-0.05, 0) is 29.5 Å².